The molecule has 3 aromatic rings. The lowest BCUT2D eigenvalue weighted by molar-refractivity contribution is -0.113. The van der Waals surface area contributed by atoms with Gasteiger partial charge >= 0.3 is 0 Å². The van der Waals surface area contributed by atoms with Crippen LogP contribution in [0.1, 0.15) is 23.2 Å². The summed E-state index contributed by atoms with van der Waals surface area (Å²) < 4.78 is 28.0. The fraction of sp³-hybridized carbons (Fsp3) is 0.368. The number of sulfonamides is 1. The van der Waals surface area contributed by atoms with Gasteiger partial charge in [-0.3, -0.25) is 9.10 Å². The van der Waals surface area contributed by atoms with Gasteiger partial charge in [-0.05, 0) is 32.9 Å². The van der Waals surface area contributed by atoms with Crippen molar-refractivity contribution in [2.75, 3.05) is 21.6 Å². The van der Waals surface area contributed by atoms with Crippen LogP contribution < -0.4 is 9.62 Å². The Balaban J connectivity index is 1.73. The molecule has 0 aliphatic carbocycles. The van der Waals surface area contributed by atoms with Gasteiger partial charge in [-0.25, -0.2) is 13.4 Å². The Hall–Kier alpha value is -2.44. The van der Waals surface area contributed by atoms with E-state index in [1.807, 2.05) is 37.5 Å². The highest BCUT2D eigenvalue weighted by Crippen LogP contribution is 2.24. The van der Waals surface area contributed by atoms with Crippen LogP contribution >= 0.6 is 23.1 Å². The zero-order valence-electron chi connectivity index (χ0n) is 17.7. The van der Waals surface area contributed by atoms with Gasteiger partial charge in [0.05, 0.1) is 24.2 Å². The van der Waals surface area contributed by atoms with Crippen LogP contribution in [0.2, 0.25) is 0 Å². The second-order valence-electron chi connectivity index (χ2n) is 6.86. The molecule has 31 heavy (non-hydrogen) atoms. The number of nitrogens with one attached hydrogen (secondary N) is 1. The lowest BCUT2D eigenvalue weighted by Crippen LogP contribution is -2.30. The van der Waals surface area contributed by atoms with Crippen LogP contribution in [0.15, 0.2) is 35.6 Å². The smallest absolute Gasteiger partial charge is 0.236 e. The molecular formula is C19H24N6O3S3. The van der Waals surface area contributed by atoms with E-state index in [4.69, 9.17) is 0 Å². The number of carbonyl (C=O) groups excluding carboxylic acids is 1. The van der Waals surface area contributed by atoms with Crippen molar-refractivity contribution < 1.29 is 13.2 Å². The van der Waals surface area contributed by atoms with Crippen LogP contribution in [0, 0.1) is 13.8 Å². The first-order chi connectivity index (χ1) is 14.7. The second kappa shape index (κ2) is 9.79. The molecule has 0 radical (unpaired) electrons. The molecule has 0 saturated carbocycles. The maximum atomic E-state index is 12.4. The fourth-order valence-corrected chi connectivity index (χ4v) is 5.15. The summed E-state index contributed by atoms with van der Waals surface area (Å²) in [4.78, 5) is 17.3. The third-order valence-electron chi connectivity index (χ3n) is 4.32. The summed E-state index contributed by atoms with van der Waals surface area (Å²) in [5.41, 5.74) is 1.60. The standard InChI is InChI=1S/C19H24N6O3S3/c1-5-24-16(11-25(31(4,27)28)15-8-6-13(2)7-9-15)22-23-19(24)29-12-17(26)21-18-20-10-14(3)30-18/h6-10H,5,11-12H2,1-4H3,(H,20,21,26). The molecule has 0 bridgehead atoms. The van der Waals surface area contributed by atoms with Crippen molar-refractivity contribution in [1.82, 2.24) is 19.7 Å². The molecule has 2 heterocycles. The Morgan fingerprint density at radius 2 is 1.94 bits per heavy atom. The highest BCUT2D eigenvalue weighted by Gasteiger charge is 2.22. The van der Waals surface area contributed by atoms with Crippen LogP contribution in [0.3, 0.4) is 0 Å². The topological polar surface area (TPSA) is 110 Å². The van der Waals surface area contributed by atoms with E-state index in [0.29, 0.717) is 28.3 Å². The Bertz CT molecular complexity index is 1160. The number of anilines is 2. The maximum absolute atomic E-state index is 12.4. The van der Waals surface area contributed by atoms with Gasteiger partial charge < -0.3 is 9.88 Å². The first-order valence-corrected chi connectivity index (χ1v) is 13.1. The zero-order chi connectivity index (χ0) is 22.6. The first kappa shape index (κ1) is 23.2. The minimum atomic E-state index is -3.53. The van der Waals surface area contributed by atoms with Gasteiger partial charge in [0.2, 0.25) is 15.9 Å². The minimum absolute atomic E-state index is 0.0495. The first-order valence-electron chi connectivity index (χ1n) is 9.49. The molecule has 1 aromatic carbocycles. The lowest BCUT2D eigenvalue weighted by atomic mass is 10.2. The number of rotatable bonds is 9. The van der Waals surface area contributed by atoms with Crippen LogP contribution in [0.25, 0.3) is 0 Å². The van der Waals surface area contributed by atoms with Gasteiger partial charge in [0.15, 0.2) is 16.1 Å². The van der Waals surface area contributed by atoms with Crippen molar-refractivity contribution in [3.63, 3.8) is 0 Å². The number of hydrogen-bond donors (Lipinski definition) is 1. The third-order valence-corrected chi connectivity index (χ3v) is 7.25. The Morgan fingerprint density at radius 1 is 1.23 bits per heavy atom. The molecule has 0 fully saturated rings. The van der Waals surface area contributed by atoms with E-state index < -0.39 is 10.0 Å². The normalized spacial score (nSPS) is 11.5. The molecule has 166 valence electrons. The number of thiazole rings is 1. The molecule has 0 atom stereocenters. The largest absolute Gasteiger partial charge is 0.305 e. The Labute approximate surface area is 190 Å². The summed E-state index contributed by atoms with van der Waals surface area (Å²) in [7, 11) is -3.53. The molecule has 12 heteroatoms. The van der Waals surface area contributed by atoms with E-state index in [2.05, 4.69) is 20.5 Å². The van der Waals surface area contributed by atoms with Gasteiger partial charge in [0.25, 0.3) is 0 Å². The molecule has 3 rings (SSSR count). The van der Waals surface area contributed by atoms with E-state index in [-0.39, 0.29) is 18.2 Å². The van der Waals surface area contributed by atoms with E-state index >= 15 is 0 Å². The number of aromatic nitrogens is 4. The highest BCUT2D eigenvalue weighted by atomic mass is 32.2. The van der Waals surface area contributed by atoms with Crippen molar-refractivity contribution in [1.29, 1.82) is 0 Å². The monoisotopic (exact) mass is 480 g/mol. The average molecular weight is 481 g/mol. The molecule has 0 spiro atoms. The lowest BCUT2D eigenvalue weighted by Gasteiger charge is -2.22. The highest BCUT2D eigenvalue weighted by molar-refractivity contribution is 7.99. The number of hydrogen-bond acceptors (Lipinski definition) is 8. The number of aryl methyl sites for hydroxylation is 2. The Morgan fingerprint density at radius 3 is 2.52 bits per heavy atom. The van der Waals surface area contributed by atoms with Gasteiger partial charge in [-0.2, -0.15) is 0 Å². The summed E-state index contributed by atoms with van der Waals surface area (Å²) in [6.45, 7) is 6.38. The second-order valence-corrected chi connectivity index (χ2v) is 10.9. The predicted molar refractivity (Wildman–Crippen MR) is 124 cm³/mol. The summed E-state index contributed by atoms with van der Waals surface area (Å²) in [5, 5.41) is 12.2. The number of nitrogens with zero attached hydrogens (tertiary/aromatic N) is 5. The molecular weight excluding hydrogens is 456 g/mol. The average Bonchev–Trinajstić information content (AvgIpc) is 3.29. The molecule has 0 saturated heterocycles. The van der Waals surface area contributed by atoms with Crippen molar-refractivity contribution in [3.8, 4) is 0 Å². The SMILES string of the molecule is CCn1c(CN(c2ccc(C)cc2)S(C)(=O)=O)nnc1SCC(=O)Nc1ncc(C)s1. The zero-order valence-corrected chi connectivity index (χ0v) is 20.1. The van der Waals surface area contributed by atoms with Crippen molar-refractivity contribution in [2.45, 2.75) is 39.0 Å². The molecule has 1 amide bonds. The molecule has 0 unspecified atom stereocenters. The van der Waals surface area contributed by atoms with Crippen molar-refractivity contribution >= 4 is 49.8 Å². The molecule has 0 aliphatic heterocycles. The Kier molecular flexibility index (Phi) is 7.34. The third kappa shape index (κ3) is 6.05. The summed E-state index contributed by atoms with van der Waals surface area (Å²) in [5.74, 6) is 0.459. The van der Waals surface area contributed by atoms with E-state index in [1.54, 1.807) is 18.3 Å². The van der Waals surface area contributed by atoms with Crippen LogP contribution in [-0.2, 0) is 27.9 Å². The maximum Gasteiger partial charge on any atom is 0.236 e. The number of benzene rings is 1. The van der Waals surface area contributed by atoms with Gasteiger partial charge in [0.1, 0.15) is 0 Å². The minimum Gasteiger partial charge on any atom is -0.305 e. The van der Waals surface area contributed by atoms with E-state index in [1.165, 1.54) is 33.7 Å². The van der Waals surface area contributed by atoms with Crippen LogP contribution in [-0.4, -0.2) is 46.1 Å². The summed E-state index contributed by atoms with van der Waals surface area (Å²) in [6, 6.07) is 7.26. The van der Waals surface area contributed by atoms with Crippen LogP contribution in [0.5, 0.6) is 0 Å². The molecule has 0 aliphatic rings. The summed E-state index contributed by atoms with van der Waals surface area (Å²) in [6.07, 6.45) is 2.87. The van der Waals surface area contributed by atoms with Crippen molar-refractivity contribution in [3.05, 3.63) is 46.7 Å². The van der Waals surface area contributed by atoms with E-state index in [9.17, 15) is 13.2 Å². The molecule has 9 nitrogen and oxygen atoms in total. The number of carbonyl (C=O) groups is 1. The fourth-order valence-electron chi connectivity index (χ4n) is 2.80. The van der Waals surface area contributed by atoms with Gasteiger partial charge in [-0.1, -0.05) is 29.5 Å². The summed E-state index contributed by atoms with van der Waals surface area (Å²) >= 11 is 2.65. The van der Waals surface area contributed by atoms with Crippen molar-refractivity contribution in [2.24, 2.45) is 0 Å². The van der Waals surface area contributed by atoms with Gasteiger partial charge in [0, 0.05) is 17.6 Å². The van der Waals surface area contributed by atoms with Crippen LogP contribution in [0.4, 0.5) is 10.8 Å². The molecule has 1 N–H and O–H groups in total. The molecule has 2 aromatic heterocycles. The number of thioether (sulfide) groups is 1. The van der Waals surface area contributed by atoms with E-state index in [0.717, 1.165) is 10.4 Å². The number of amides is 1. The van der Waals surface area contributed by atoms with Gasteiger partial charge in [-0.15, -0.1) is 21.5 Å². The predicted octanol–water partition coefficient (Wildman–Crippen LogP) is 3.07. The quantitative estimate of drug-likeness (QED) is 0.469.